The van der Waals surface area contributed by atoms with Gasteiger partial charge in [-0.2, -0.15) is 0 Å². The van der Waals surface area contributed by atoms with Crippen molar-refractivity contribution in [3.05, 3.63) is 137 Å². The van der Waals surface area contributed by atoms with Crippen LogP contribution in [0.15, 0.2) is 109 Å². The number of amides is 2. The van der Waals surface area contributed by atoms with Gasteiger partial charge in [-0.1, -0.05) is 54.6 Å². The van der Waals surface area contributed by atoms with Crippen LogP contribution in [0.25, 0.3) is 12.2 Å². The fourth-order valence-electron chi connectivity index (χ4n) is 4.00. The minimum atomic E-state index is -0.539. The molecule has 2 amide bonds. The first-order valence-electron chi connectivity index (χ1n) is 12.9. The SMILES string of the molecule is COc1ccc(/C=C(\NC(=O)c2ccccc2)C(=O)Nc2ccc(C(=O)/C=C/c3ccccc3C)cc2)cc1OC. The van der Waals surface area contributed by atoms with Crippen LogP contribution in [0.2, 0.25) is 0 Å². The van der Waals surface area contributed by atoms with Crippen molar-refractivity contribution in [3.63, 3.8) is 0 Å². The molecule has 206 valence electrons. The molecular weight excluding hydrogens is 516 g/mol. The molecule has 4 aromatic carbocycles. The number of nitrogens with one attached hydrogen (secondary N) is 2. The van der Waals surface area contributed by atoms with E-state index in [2.05, 4.69) is 10.6 Å². The third-order valence-corrected chi connectivity index (χ3v) is 6.28. The van der Waals surface area contributed by atoms with Gasteiger partial charge in [-0.05, 0) is 84.3 Å². The number of hydrogen-bond donors (Lipinski definition) is 2. The number of ketones is 1. The third-order valence-electron chi connectivity index (χ3n) is 6.28. The number of ether oxygens (including phenoxy) is 2. The summed E-state index contributed by atoms with van der Waals surface area (Å²) < 4.78 is 10.7. The minimum absolute atomic E-state index is 0.0207. The van der Waals surface area contributed by atoms with E-state index in [-0.39, 0.29) is 11.5 Å². The standard InChI is InChI=1S/C34H30N2O5/c1-23-9-7-8-10-25(23)16-19-30(37)26-14-17-28(18-15-26)35-34(39)29(36-33(38)27-11-5-4-6-12-27)21-24-13-20-31(40-2)32(22-24)41-3/h4-22H,1-3H3,(H,35,39)(H,36,38)/b19-16+,29-21-. The fourth-order valence-corrected chi connectivity index (χ4v) is 4.00. The summed E-state index contributed by atoms with van der Waals surface area (Å²) in [4.78, 5) is 38.9. The molecule has 0 aromatic heterocycles. The maximum Gasteiger partial charge on any atom is 0.272 e. The highest BCUT2D eigenvalue weighted by atomic mass is 16.5. The maximum absolute atomic E-state index is 13.3. The highest BCUT2D eigenvalue weighted by Crippen LogP contribution is 2.28. The van der Waals surface area contributed by atoms with Crippen molar-refractivity contribution in [3.8, 4) is 11.5 Å². The van der Waals surface area contributed by atoms with Crippen molar-refractivity contribution in [2.75, 3.05) is 19.5 Å². The van der Waals surface area contributed by atoms with Crippen molar-refractivity contribution < 1.29 is 23.9 Å². The molecule has 0 aliphatic heterocycles. The first-order valence-corrected chi connectivity index (χ1v) is 12.9. The van der Waals surface area contributed by atoms with Crippen molar-refractivity contribution in [2.24, 2.45) is 0 Å². The van der Waals surface area contributed by atoms with Crippen LogP contribution in [-0.2, 0) is 4.79 Å². The summed E-state index contributed by atoms with van der Waals surface area (Å²) in [6.45, 7) is 1.98. The maximum atomic E-state index is 13.3. The number of benzene rings is 4. The Morgan fingerprint density at radius 2 is 1.41 bits per heavy atom. The molecule has 0 atom stereocenters. The predicted octanol–water partition coefficient (Wildman–Crippen LogP) is 6.32. The molecule has 4 aromatic rings. The molecule has 41 heavy (non-hydrogen) atoms. The largest absolute Gasteiger partial charge is 0.493 e. The van der Waals surface area contributed by atoms with E-state index in [1.54, 1.807) is 84.9 Å². The van der Waals surface area contributed by atoms with Gasteiger partial charge in [0.25, 0.3) is 11.8 Å². The van der Waals surface area contributed by atoms with E-state index in [9.17, 15) is 14.4 Å². The van der Waals surface area contributed by atoms with Crippen LogP contribution in [0.1, 0.15) is 37.4 Å². The topological polar surface area (TPSA) is 93.7 Å². The zero-order valence-electron chi connectivity index (χ0n) is 23.0. The fraction of sp³-hybridized carbons (Fsp3) is 0.0882. The number of carbonyl (C=O) groups excluding carboxylic acids is 3. The van der Waals surface area contributed by atoms with E-state index in [1.807, 2.05) is 31.2 Å². The number of carbonyl (C=O) groups is 3. The van der Waals surface area contributed by atoms with Crippen molar-refractivity contribution >= 4 is 35.4 Å². The number of hydrogen-bond acceptors (Lipinski definition) is 5. The zero-order chi connectivity index (χ0) is 29.2. The van der Waals surface area contributed by atoms with Crippen LogP contribution in [-0.4, -0.2) is 31.8 Å². The Hall–Kier alpha value is -5.43. The van der Waals surface area contributed by atoms with E-state index >= 15 is 0 Å². The summed E-state index contributed by atoms with van der Waals surface area (Å²) in [7, 11) is 3.05. The summed E-state index contributed by atoms with van der Waals surface area (Å²) in [6.07, 6.45) is 4.86. The summed E-state index contributed by atoms with van der Waals surface area (Å²) in [5.74, 6) is -0.119. The van der Waals surface area contributed by atoms with Crippen LogP contribution >= 0.6 is 0 Å². The lowest BCUT2D eigenvalue weighted by molar-refractivity contribution is -0.113. The Bertz CT molecular complexity index is 1610. The highest BCUT2D eigenvalue weighted by Gasteiger charge is 2.16. The van der Waals surface area contributed by atoms with E-state index < -0.39 is 11.8 Å². The normalized spacial score (nSPS) is 11.1. The number of allylic oxidation sites excluding steroid dienone is 1. The molecule has 4 rings (SSSR count). The van der Waals surface area contributed by atoms with Crippen LogP contribution in [0.3, 0.4) is 0 Å². The van der Waals surface area contributed by atoms with Crippen molar-refractivity contribution in [2.45, 2.75) is 6.92 Å². The molecule has 0 heterocycles. The van der Waals surface area contributed by atoms with E-state index in [4.69, 9.17) is 9.47 Å². The molecule has 2 N–H and O–H groups in total. The van der Waals surface area contributed by atoms with E-state index in [1.165, 1.54) is 20.3 Å². The Labute approximate surface area is 239 Å². The van der Waals surface area contributed by atoms with Crippen LogP contribution in [0, 0.1) is 6.92 Å². The van der Waals surface area contributed by atoms with Gasteiger partial charge in [0, 0.05) is 16.8 Å². The molecule has 0 fully saturated rings. The highest BCUT2D eigenvalue weighted by molar-refractivity contribution is 6.11. The van der Waals surface area contributed by atoms with E-state index in [0.717, 1.165) is 11.1 Å². The second kappa shape index (κ2) is 13.6. The second-order valence-corrected chi connectivity index (χ2v) is 9.08. The molecule has 7 heteroatoms. The summed E-state index contributed by atoms with van der Waals surface area (Å²) in [5, 5.41) is 5.50. The van der Waals surface area contributed by atoms with Gasteiger partial charge in [-0.25, -0.2) is 0 Å². The molecule has 0 radical (unpaired) electrons. The van der Waals surface area contributed by atoms with Crippen molar-refractivity contribution in [1.29, 1.82) is 0 Å². The average molecular weight is 547 g/mol. The molecule has 0 saturated heterocycles. The number of rotatable bonds is 10. The molecule has 0 aliphatic carbocycles. The summed E-state index contributed by atoms with van der Waals surface area (Å²) in [6, 6.07) is 28.1. The number of anilines is 1. The van der Waals surface area contributed by atoms with Gasteiger partial charge in [0.15, 0.2) is 17.3 Å². The monoisotopic (exact) mass is 546 g/mol. The average Bonchev–Trinajstić information content (AvgIpc) is 3.00. The van der Waals surface area contributed by atoms with Crippen molar-refractivity contribution in [1.82, 2.24) is 5.32 Å². The first kappa shape index (κ1) is 28.6. The molecule has 0 bridgehead atoms. The van der Waals surface area contributed by atoms with Gasteiger partial charge in [0.1, 0.15) is 5.70 Å². The quantitative estimate of drug-likeness (QED) is 0.179. The molecule has 7 nitrogen and oxygen atoms in total. The smallest absolute Gasteiger partial charge is 0.272 e. The van der Waals surface area contributed by atoms with Gasteiger partial charge in [-0.3, -0.25) is 14.4 Å². The zero-order valence-corrected chi connectivity index (χ0v) is 23.0. The molecule has 0 aliphatic rings. The molecule has 0 saturated carbocycles. The van der Waals surface area contributed by atoms with Crippen LogP contribution in [0.5, 0.6) is 11.5 Å². The number of aryl methyl sites for hydroxylation is 1. The van der Waals surface area contributed by atoms with Gasteiger partial charge in [0.05, 0.1) is 14.2 Å². The third kappa shape index (κ3) is 7.58. The Kier molecular flexibility index (Phi) is 9.46. The Morgan fingerprint density at radius 3 is 2.10 bits per heavy atom. The summed E-state index contributed by atoms with van der Waals surface area (Å²) >= 11 is 0. The van der Waals surface area contributed by atoms with Crippen LogP contribution < -0.4 is 20.1 Å². The Balaban J connectivity index is 1.54. The summed E-state index contributed by atoms with van der Waals surface area (Å²) in [5.41, 5.74) is 4.02. The first-order chi connectivity index (χ1) is 19.9. The lowest BCUT2D eigenvalue weighted by atomic mass is 10.1. The predicted molar refractivity (Wildman–Crippen MR) is 161 cm³/mol. The van der Waals surface area contributed by atoms with Gasteiger partial charge < -0.3 is 20.1 Å². The van der Waals surface area contributed by atoms with Gasteiger partial charge in [0.2, 0.25) is 0 Å². The lowest BCUT2D eigenvalue weighted by Gasteiger charge is -2.13. The lowest BCUT2D eigenvalue weighted by Crippen LogP contribution is -2.30. The molecular formula is C34H30N2O5. The van der Waals surface area contributed by atoms with Gasteiger partial charge in [-0.15, -0.1) is 0 Å². The van der Waals surface area contributed by atoms with E-state index in [0.29, 0.717) is 33.9 Å². The number of methoxy groups -OCH3 is 2. The molecule has 0 spiro atoms. The Morgan fingerprint density at radius 1 is 0.732 bits per heavy atom. The minimum Gasteiger partial charge on any atom is -0.493 e. The van der Waals surface area contributed by atoms with Crippen LogP contribution in [0.4, 0.5) is 5.69 Å². The van der Waals surface area contributed by atoms with Gasteiger partial charge >= 0.3 is 0 Å². The second-order valence-electron chi connectivity index (χ2n) is 9.08. The molecule has 0 unspecified atom stereocenters.